The number of ether oxygens (including phenoxy) is 1. The van der Waals surface area contributed by atoms with Crippen LogP contribution in [0.4, 0.5) is 8.78 Å². The van der Waals surface area contributed by atoms with Crippen LogP contribution in [0.15, 0.2) is 40.9 Å². The minimum Gasteiger partial charge on any atom is -0.450 e. The van der Waals surface area contributed by atoms with Gasteiger partial charge in [-0.15, -0.1) is 5.10 Å². The van der Waals surface area contributed by atoms with E-state index in [4.69, 9.17) is 27.9 Å². The van der Waals surface area contributed by atoms with Gasteiger partial charge < -0.3 is 4.74 Å². The van der Waals surface area contributed by atoms with Crippen LogP contribution in [0.25, 0.3) is 5.69 Å². The molecule has 1 aromatic heterocycles. The third-order valence-corrected chi connectivity index (χ3v) is 5.46. The maximum atomic E-state index is 13.2. The van der Waals surface area contributed by atoms with Gasteiger partial charge in [0.2, 0.25) is 5.82 Å². The average Bonchev–Trinajstić information content (AvgIpc) is 3.10. The molecule has 1 aliphatic heterocycles. The summed E-state index contributed by atoms with van der Waals surface area (Å²) in [5.41, 5.74) is 1.52. The van der Waals surface area contributed by atoms with E-state index in [1.54, 1.807) is 24.3 Å². The van der Waals surface area contributed by atoms with Crippen LogP contribution in [0, 0.1) is 0 Å². The Morgan fingerprint density at radius 1 is 1.18 bits per heavy atom. The number of carbonyl (C=O) groups is 1. The highest BCUT2D eigenvalue weighted by Crippen LogP contribution is 2.34. The summed E-state index contributed by atoms with van der Waals surface area (Å²) in [6, 6.07) is 9.79. The second-order valence-corrected chi connectivity index (χ2v) is 7.77. The molecule has 2 aromatic carbocycles. The van der Waals surface area contributed by atoms with E-state index in [1.807, 2.05) is 0 Å². The maximum Gasteiger partial charge on any atom is 0.339 e. The summed E-state index contributed by atoms with van der Waals surface area (Å²) < 4.78 is 33.9. The van der Waals surface area contributed by atoms with E-state index in [0.717, 1.165) is 10.0 Å². The topological polar surface area (TPSA) is 57.0 Å². The number of halogens is 5. The van der Waals surface area contributed by atoms with Crippen molar-refractivity contribution in [2.75, 3.05) is 0 Å². The molecular weight excluding hydrogens is 479 g/mol. The number of benzene rings is 2. The number of carbonyl (C=O) groups excluding carboxylic acids is 1. The molecule has 0 amide bonds. The van der Waals surface area contributed by atoms with Gasteiger partial charge in [0.1, 0.15) is 0 Å². The van der Waals surface area contributed by atoms with Crippen molar-refractivity contribution < 1.29 is 18.3 Å². The second-order valence-electron chi connectivity index (χ2n) is 6.04. The molecule has 1 unspecified atom stereocenters. The lowest BCUT2D eigenvalue weighted by molar-refractivity contribution is 0.0226. The van der Waals surface area contributed by atoms with E-state index in [2.05, 4.69) is 26.0 Å². The minimum absolute atomic E-state index is 0.0793. The van der Waals surface area contributed by atoms with E-state index in [9.17, 15) is 13.6 Å². The normalized spacial score (nSPS) is 16.2. The van der Waals surface area contributed by atoms with Crippen LogP contribution in [0.2, 0.25) is 10.0 Å². The van der Waals surface area contributed by atoms with Gasteiger partial charge in [-0.25, -0.2) is 23.2 Å². The van der Waals surface area contributed by atoms with Gasteiger partial charge in [-0.3, -0.25) is 0 Å². The first-order valence-corrected chi connectivity index (χ1v) is 9.58. The van der Waals surface area contributed by atoms with Crippen molar-refractivity contribution in [3.8, 4) is 5.69 Å². The molecule has 4 rings (SSSR count). The van der Waals surface area contributed by atoms with Gasteiger partial charge in [0.25, 0.3) is 6.43 Å². The maximum absolute atomic E-state index is 13.2. The number of esters is 1. The Morgan fingerprint density at radius 2 is 1.96 bits per heavy atom. The number of cyclic esters (lactones) is 1. The Hall–Kier alpha value is -2.03. The second kappa shape index (κ2) is 7.42. The van der Waals surface area contributed by atoms with Gasteiger partial charge in [0.15, 0.2) is 11.9 Å². The molecule has 1 aliphatic rings. The zero-order valence-electron chi connectivity index (χ0n) is 13.9. The van der Waals surface area contributed by atoms with Crippen molar-refractivity contribution in [3.63, 3.8) is 0 Å². The molecule has 3 aromatic rings. The lowest BCUT2D eigenvalue weighted by atomic mass is 9.98. The molecule has 10 heteroatoms. The third kappa shape index (κ3) is 3.52. The summed E-state index contributed by atoms with van der Waals surface area (Å²) in [7, 11) is 0. The molecular formula is C18H10BrCl2F2N3O2. The van der Waals surface area contributed by atoms with Crippen LogP contribution in [0.5, 0.6) is 0 Å². The molecule has 0 N–H and O–H groups in total. The summed E-state index contributed by atoms with van der Waals surface area (Å²) in [6.45, 7) is 0. The Labute approximate surface area is 176 Å². The van der Waals surface area contributed by atoms with E-state index in [-0.39, 0.29) is 17.3 Å². The molecule has 144 valence electrons. The smallest absolute Gasteiger partial charge is 0.339 e. The molecule has 0 spiro atoms. The first kappa shape index (κ1) is 19.3. The van der Waals surface area contributed by atoms with Gasteiger partial charge in [0, 0.05) is 10.9 Å². The van der Waals surface area contributed by atoms with Crippen LogP contribution in [0.3, 0.4) is 0 Å². The lowest BCUT2D eigenvalue weighted by Crippen LogP contribution is -2.24. The molecule has 28 heavy (non-hydrogen) atoms. The summed E-state index contributed by atoms with van der Waals surface area (Å²) >= 11 is 15.3. The molecule has 0 saturated heterocycles. The van der Waals surface area contributed by atoms with Crippen molar-refractivity contribution in [1.82, 2.24) is 14.8 Å². The Morgan fingerprint density at radius 3 is 2.68 bits per heavy atom. The number of rotatable bonds is 3. The van der Waals surface area contributed by atoms with Crippen LogP contribution in [0.1, 0.15) is 40.1 Å². The SMILES string of the molecule is O=C1OC(c2nc(C(F)F)nn2-c2ccc(Cl)c(Cl)c2)Cc2ccc(Br)cc21. The standard InChI is InChI=1S/C18H10BrCl2F2N3O2/c19-9-2-1-8-5-14(28-18(27)11(8)6-9)17-24-16(15(22)23)25-26(17)10-3-4-12(20)13(21)7-10/h1-4,6-7,14-15H,5H2. The van der Waals surface area contributed by atoms with E-state index < -0.39 is 24.3 Å². The minimum atomic E-state index is -2.88. The Bertz CT molecular complexity index is 1090. The number of nitrogens with zero attached hydrogens (tertiary/aromatic N) is 3. The van der Waals surface area contributed by atoms with Crippen molar-refractivity contribution in [2.24, 2.45) is 0 Å². The van der Waals surface area contributed by atoms with Crippen LogP contribution >= 0.6 is 39.1 Å². The molecule has 0 bridgehead atoms. The highest BCUT2D eigenvalue weighted by atomic mass is 79.9. The van der Waals surface area contributed by atoms with Gasteiger partial charge in [0.05, 0.1) is 21.3 Å². The summed E-state index contributed by atoms with van der Waals surface area (Å²) in [5.74, 6) is -1.15. The predicted molar refractivity (Wildman–Crippen MR) is 102 cm³/mol. The molecule has 0 aliphatic carbocycles. The quantitative estimate of drug-likeness (QED) is 0.442. The Balaban J connectivity index is 1.80. The average molecular weight is 489 g/mol. The zero-order chi connectivity index (χ0) is 20.0. The van der Waals surface area contributed by atoms with Gasteiger partial charge >= 0.3 is 5.97 Å². The number of fused-ring (bicyclic) bond motifs is 1. The molecule has 0 saturated carbocycles. The van der Waals surface area contributed by atoms with Crippen molar-refractivity contribution in [1.29, 1.82) is 0 Å². The molecule has 2 heterocycles. The van der Waals surface area contributed by atoms with Crippen molar-refractivity contribution >= 4 is 45.1 Å². The van der Waals surface area contributed by atoms with E-state index in [0.29, 0.717) is 16.3 Å². The van der Waals surface area contributed by atoms with E-state index in [1.165, 1.54) is 16.8 Å². The number of hydrogen-bond donors (Lipinski definition) is 0. The van der Waals surface area contributed by atoms with Crippen LogP contribution < -0.4 is 0 Å². The molecule has 5 nitrogen and oxygen atoms in total. The first-order chi connectivity index (χ1) is 13.3. The lowest BCUT2D eigenvalue weighted by Gasteiger charge is -2.24. The fraction of sp³-hybridized carbons (Fsp3) is 0.167. The van der Waals surface area contributed by atoms with E-state index >= 15 is 0 Å². The largest absolute Gasteiger partial charge is 0.450 e. The zero-order valence-corrected chi connectivity index (χ0v) is 17.0. The molecule has 0 fully saturated rings. The monoisotopic (exact) mass is 487 g/mol. The number of aromatic nitrogens is 3. The highest BCUT2D eigenvalue weighted by Gasteiger charge is 2.33. The van der Waals surface area contributed by atoms with Gasteiger partial charge in [-0.1, -0.05) is 45.2 Å². The van der Waals surface area contributed by atoms with Crippen LogP contribution in [-0.4, -0.2) is 20.7 Å². The van der Waals surface area contributed by atoms with Gasteiger partial charge in [-0.2, -0.15) is 0 Å². The highest BCUT2D eigenvalue weighted by molar-refractivity contribution is 9.10. The van der Waals surface area contributed by atoms with Crippen LogP contribution in [-0.2, 0) is 11.2 Å². The summed E-state index contributed by atoms with van der Waals surface area (Å²) in [5, 5.41) is 4.42. The molecule has 1 atom stereocenters. The van der Waals surface area contributed by atoms with Crippen molar-refractivity contribution in [3.05, 3.63) is 73.7 Å². The predicted octanol–water partition coefficient (Wildman–Crippen LogP) is 5.73. The summed E-state index contributed by atoms with van der Waals surface area (Å²) in [4.78, 5) is 16.3. The number of hydrogen-bond acceptors (Lipinski definition) is 4. The fourth-order valence-corrected chi connectivity index (χ4v) is 3.60. The van der Waals surface area contributed by atoms with Gasteiger partial charge in [-0.05, 0) is 35.9 Å². The third-order valence-electron chi connectivity index (χ3n) is 4.23. The number of alkyl halides is 2. The first-order valence-electron chi connectivity index (χ1n) is 8.03. The summed E-state index contributed by atoms with van der Waals surface area (Å²) in [6.07, 6.45) is -3.49. The molecule has 0 radical (unpaired) electrons. The Kier molecular flexibility index (Phi) is 5.11. The fourth-order valence-electron chi connectivity index (χ4n) is 2.94. The van der Waals surface area contributed by atoms with Crippen molar-refractivity contribution in [2.45, 2.75) is 19.0 Å².